The van der Waals surface area contributed by atoms with Crippen molar-refractivity contribution in [1.82, 2.24) is 4.90 Å². The Hall–Kier alpha value is -1.50. The van der Waals surface area contributed by atoms with E-state index < -0.39 is 0 Å². The lowest BCUT2D eigenvalue weighted by molar-refractivity contribution is 0.626. The monoisotopic (exact) mass is 171 g/mol. The van der Waals surface area contributed by atoms with Gasteiger partial charge in [-0.05, 0) is 29.8 Å². The molecule has 0 bridgehead atoms. The molecule has 66 valence electrons. The van der Waals surface area contributed by atoms with Crippen LogP contribution in [0.3, 0.4) is 0 Å². The van der Waals surface area contributed by atoms with Gasteiger partial charge in [0.15, 0.2) is 0 Å². The van der Waals surface area contributed by atoms with Gasteiger partial charge in [-0.15, -0.1) is 0 Å². The quantitative estimate of drug-likeness (QED) is 0.580. The highest BCUT2D eigenvalue weighted by atomic mass is 15.0. The Bertz CT molecular complexity index is 350. The van der Waals surface area contributed by atoms with E-state index >= 15 is 0 Å². The molecule has 1 nitrogen and oxygen atoms in total. The first-order valence-electron chi connectivity index (χ1n) is 4.51. The van der Waals surface area contributed by atoms with Crippen LogP contribution in [-0.4, -0.2) is 11.9 Å². The van der Waals surface area contributed by atoms with Crippen molar-refractivity contribution >= 4 is 6.08 Å². The van der Waals surface area contributed by atoms with Crippen molar-refractivity contribution in [3.05, 3.63) is 53.9 Å². The third-order valence-corrected chi connectivity index (χ3v) is 2.22. The van der Waals surface area contributed by atoms with Crippen molar-refractivity contribution in [2.45, 2.75) is 6.42 Å². The summed E-state index contributed by atoms with van der Waals surface area (Å²) >= 11 is 0. The van der Waals surface area contributed by atoms with Crippen molar-refractivity contribution < 1.29 is 0 Å². The maximum atomic E-state index is 2.18. The fraction of sp³-hybridized carbons (Fsp3) is 0.167. The molecule has 0 fully saturated rings. The molecule has 0 aliphatic carbocycles. The Morgan fingerprint density at radius 2 is 2.00 bits per heavy atom. The van der Waals surface area contributed by atoms with Crippen LogP contribution in [0.1, 0.15) is 11.1 Å². The van der Waals surface area contributed by atoms with Crippen LogP contribution in [0.25, 0.3) is 6.08 Å². The lowest BCUT2D eigenvalue weighted by atomic mass is 10.0. The van der Waals surface area contributed by atoms with Gasteiger partial charge in [-0.1, -0.05) is 30.3 Å². The van der Waals surface area contributed by atoms with Crippen LogP contribution in [0.4, 0.5) is 0 Å². The number of nitrogens with zero attached hydrogens (tertiary/aromatic N) is 1. The van der Waals surface area contributed by atoms with Gasteiger partial charge in [0.1, 0.15) is 0 Å². The van der Waals surface area contributed by atoms with Crippen molar-refractivity contribution in [3.8, 4) is 0 Å². The van der Waals surface area contributed by atoms with E-state index in [0.29, 0.717) is 0 Å². The zero-order chi connectivity index (χ0) is 9.10. The van der Waals surface area contributed by atoms with Crippen LogP contribution in [-0.2, 0) is 6.42 Å². The summed E-state index contributed by atoms with van der Waals surface area (Å²) in [4.78, 5) is 2.07. The van der Waals surface area contributed by atoms with Crippen LogP contribution in [0.5, 0.6) is 0 Å². The average molecular weight is 171 g/mol. The van der Waals surface area contributed by atoms with Crippen molar-refractivity contribution in [1.29, 1.82) is 0 Å². The Labute approximate surface area is 79.0 Å². The fourth-order valence-electron chi connectivity index (χ4n) is 1.48. The number of rotatable bonds is 0. The van der Waals surface area contributed by atoms with Gasteiger partial charge in [0.05, 0.1) is 0 Å². The minimum absolute atomic E-state index is 1.02. The number of benzene rings is 1. The summed E-state index contributed by atoms with van der Waals surface area (Å²) < 4.78 is 0. The van der Waals surface area contributed by atoms with Gasteiger partial charge in [0.25, 0.3) is 0 Å². The highest BCUT2D eigenvalue weighted by Crippen LogP contribution is 2.14. The molecular weight excluding hydrogens is 158 g/mol. The summed E-state index contributed by atoms with van der Waals surface area (Å²) in [5.41, 5.74) is 2.71. The van der Waals surface area contributed by atoms with Gasteiger partial charge in [-0.25, -0.2) is 0 Å². The number of fused-ring (bicyclic) bond motifs is 1. The Kier molecular flexibility index (Phi) is 2.17. The number of allylic oxidation sites excluding steroid dienone is 1. The van der Waals surface area contributed by atoms with Crippen LogP contribution >= 0.6 is 0 Å². The molecule has 1 heteroatoms. The van der Waals surface area contributed by atoms with E-state index in [1.807, 2.05) is 7.05 Å². The van der Waals surface area contributed by atoms with Crippen LogP contribution < -0.4 is 0 Å². The van der Waals surface area contributed by atoms with Crippen molar-refractivity contribution in [2.75, 3.05) is 7.05 Å². The van der Waals surface area contributed by atoms with Crippen molar-refractivity contribution in [3.63, 3.8) is 0 Å². The zero-order valence-electron chi connectivity index (χ0n) is 7.77. The molecule has 2 rings (SSSR count). The molecule has 1 heterocycles. The van der Waals surface area contributed by atoms with Gasteiger partial charge in [-0.3, -0.25) is 0 Å². The predicted octanol–water partition coefficient (Wildman–Crippen LogP) is 2.66. The second-order valence-electron chi connectivity index (χ2n) is 3.27. The molecule has 1 aliphatic rings. The van der Waals surface area contributed by atoms with Gasteiger partial charge in [0.2, 0.25) is 0 Å². The van der Waals surface area contributed by atoms with E-state index in [2.05, 4.69) is 53.7 Å². The molecule has 1 aliphatic heterocycles. The molecule has 0 unspecified atom stereocenters. The highest BCUT2D eigenvalue weighted by Gasteiger charge is 1.98. The van der Waals surface area contributed by atoms with Crippen molar-refractivity contribution in [2.24, 2.45) is 0 Å². The van der Waals surface area contributed by atoms with Gasteiger partial charge in [0, 0.05) is 13.2 Å². The number of hydrogen-bond acceptors (Lipinski definition) is 1. The summed E-state index contributed by atoms with van der Waals surface area (Å²) in [7, 11) is 2.04. The molecule has 0 atom stereocenters. The maximum Gasteiger partial charge on any atom is 0.0106 e. The Balaban J connectivity index is 2.42. The summed E-state index contributed by atoms with van der Waals surface area (Å²) in [6, 6.07) is 8.49. The molecule has 0 saturated carbocycles. The Morgan fingerprint density at radius 3 is 2.92 bits per heavy atom. The normalized spacial score (nSPS) is 17.5. The van der Waals surface area contributed by atoms with Crippen LogP contribution in [0.15, 0.2) is 42.7 Å². The van der Waals surface area contributed by atoms with Gasteiger partial charge < -0.3 is 4.90 Å². The predicted molar refractivity (Wildman–Crippen MR) is 56.1 cm³/mol. The minimum Gasteiger partial charge on any atom is -0.358 e. The lowest BCUT2D eigenvalue weighted by Crippen LogP contribution is -2.02. The first-order chi connectivity index (χ1) is 6.36. The third-order valence-electron chi connectivity index (χ3n) is 2.22. The average Bonchev–Trinajstić information content (AvgIpc) is 2.13. The molecule has 0 aromatic heterocycles. The molecule has 0 radical (unpaired) electrons. The van der Waals surface area contributed by atoms with E-state index in [1.54, 1.807) is 0 Å². The SMILES string of the molecule is CN1C=Cc2ccccc2C/C=C\1. The summed E-state index contributed by atoms with van der Waals surface area (Å²) in [5, 5.41) is 0. The third kappa shape index (κ3) is 1.81. The molecule has 0 spiro atoms. The molecular formula is C12H13N. The maximum absolute atomic E-state index is 2.18. The summed E-state index contributed by atoms with van der Waals surface area (Å²) in [6.07, 6.45) is 9.52. The van der Waals surface area contributed by atoms with E-state index in [0.717, 1.165) is 6.42 Å². The molecule has 0 amide bonds. The molecule has 1 aromatic rings. The van der Waals surface area contributed by atoms with Gasteiger partial charge in [-0.2, -0.15) is 0 Å². The topological polar surface area (TPSA) is 3.24 Å². The van der Waals surface area contributed by atoms with E-state index in [1.165, 1.54) is 11.1 Å². The van der Waals surface area contributed by atoms with E-state index in [4.69, 9.17) is 0 Å². The smallest absolute Gasteiger partial charge is 0.0106 e. The first-order valence-corrected chi connectivity index (χ1v) is 4.51. The fourth-order valence-corrected chi connectivity index (χ4v) is 1.48. The molecule has 1 aromatic carbocycles. The molecule has 13 heavy (non-hydrogen) atoms. The zero-order valence-corrected chi connectivity index (χ0v) is 7.77. The Morgan fingerprint density at radius 1 is 1.15 bits per heavy atom. The molecule has 0 N–H and O–H groups in total. The van der Waals surface area contributed by atoms with Crippen LogP contribution in [0, 0.1) is 0 Å². The second-order valence-corrected chi connectivity index (χ2v) is 3.27. The summed E-state index contributed by atoms with van der Waals surface area (Å²) in [6.45, 7) is 0. The number of hydrogen-bond donors (Lipinski definition) is 0. The molecule has 0 saturated heterocycles. The van der Waals surface area contributed by atoms with E-state index in [-0.39, 0.29) is 0 Å². The summed E-state index contributed by atoms with van der Waals surface area (Å²) in [5.74, 6) is 0. The van der Waals surface area contributed by atoms with Crippen LogP contribution in [0.2, 0.25) is 0 Å². The minimum atomic E-state index is 1.02. The highest BCUT2D eigenvalue weighted by molar-refractivity contribution is 5.54. The lowest BCUT2D eigenvalue weighted by Gasteiger charge is -2.11. The first kappa shape index (κ1) is 8.11. The standard InChI is InChI=1S/C12H13N/c1-13-9-4-7-11-5-2-3-6-12(11)8-10-13/h2-6,8-10H,7H2,1H3/b9-4-,10-8?. The largest absolute Gasteiger partial charge is 0.358 e. The second kappa shape index (κ2) is 3.48. The van der Waals surface area contributed by atoms with E-state index in [9.17, 15) is 0 Å². The van der Waals surface area contributed by atoms with Gasteiger partial charge >= 0.3 is 0 Å².